The standard InChI is InChI=1S/C22H25ClN7O2/c1-29(2,27)21-22(32)30(13-18(26)31,12-15-8-6-14(11-24)7-9-15)19(20(23)28-21)16-4-3-5-17(25)10-16/h3-11,24H,12-13,25,27H2,1-2H3,(H-,26,31)/q+1/p+1. The number of halogens is 1. The molecule has 32 heavy (non-hydrogen) atoms. The molecule has 0 radical (unpaired) electrons. The predicted octanol–water partition coefficient (Wildman–Crippen LogP) is 1.52. The Morgan fingerprint density at radius 3 is 2.41 bits per heavy atom. The number of hydrogen-bond donors (Lipinski definition) is 4. The lowest BCUT2D eigenvalue weighted by molar-refractivity contribution is -0.827. The van der Waals surface area contributed by atoms with E-state index in [0.717, 1.165) is 5.56 Å². The van der Waals surface area contributed by atoms with Crippen molar-refractivity contribution >= 4 is 46.8 Å². The Labute approximate surface area is 191 Å². The molecule has 0 fully saturated rings. The largest absolute Gasteiger partial charge is 0.428 e. The van der Waals surface area contributed by atoms with Crippen LogP contribution in [0, 0.1) is 5.41 Å². The van der Waals surface area contributed by atoms with Gasteiger partial charge in [-0.3, -0.25) is 4.79 Å². The maximum Gasteiger partial charge on any atom is 0.428 e. The first-order chi connectivity index (χ1) is 15.0. The highest BCUT2D eigenvalue weighted by molar-refractivity contribution is 6.40. The van der Waals surface area contributed by atoms with E-state index >= 15 is 0 Å². The molecular weight excluding hydrogens is 430 g/mol. The van der Waals surface area contributed by atoms with Gasteiger partial charge in [-0.15, -0.1) is 0 Å². The van der Waals surface area contributed by atoms with E-state index < -0.39 is 16.3 Å². The van der Waals surface area contributed by atoms with Gasteiger partial charge in [0.2, 0.25) is 0 Å². The number of aliphatic imine (C=N–C) groups is 1. The number of primary amides is 1. The summed E-state index contributed by atoms with van der Waals surface area (Å²) in [7, 11) is 3.18. The Hall–Kier alpha value is -3.37. The first kappa shape index (κ1) is 23.3. The van der Waals surface area contributed by atoms with Crippen molar-refractivity contribution in [3.8, 4) is 0 Å². The molecule has 10 heteroatoms. The van der Waals surface area contributed by atoms with E-state index in [1.165, 1.54) is 6.21 Å². The van der Waals surface area contributed by atoms with Gasteiger partial charge < -0.3 is 16.9 Å². The minimum Gasteiger partial charge on any atom is -0.399 e. The first-order valence-corrected chi connectivity index (χ1v) is 10.1. The molecule has 3 rings (SSSR count). The number of likely N-dealkylation sites (N-methyl/N-ethyl adjacent to an activating group) is 1. The molecule has 0 saturated carbocycles. The summed E-state index contributed by atoms with van der Waals surface area (Å²) in [6.07, 6.45) is 1.22. The highest BCUT2D eigenvalue weighted by Gasteiger charge is 2.55. The smallest absolute Gasteiger partial charge is 0.399 e. The van der Waals surface area contributed by atoms with E-state index in [9.17, 15) is 9.59 Å². The zero-order chi connectivity index (χ0) is 23.7. The van der Waals surface area contributed by atoms with Crippen molar-refractivity contribution < 1.29 is 18.7 Å². The lowest BCUT2D eigenvalue weighted by Gasteiger charge is -2.39. The van der Waals surface area contributed by atoms with Gasteiger partial charge in [-0.05, 0) is 23.8 Å². The number of carbonyl (C=O) groups is 2. The number of anilines is 1. The molecule has 1 aliphatic heterocycles. The van der Waals surface area contributed by atoms with E-state index in [-0.39, 0.29) is 28.7 Å². The van der Waals surface area contributed by atoms with Crippen LogP contribution in [-0.2, 0) is 16.1 Å². The quantitative estimate of drug-likeness (QED) is 0.130. The molecule has 0 saturated heterocycles. The third-order valence-electron chi connectivity index (χ3n) is 5.14. The van der Waals surface area contributed by atoms with Gasteiger partial charge in [0.05, 0.1) is 14.1 Å². The number of amidine groups is 1. The molecule has 2 aromatic carbocycles. The number of nitrogen functional groups attached to an aromatic ring is 1. The Balaban J connectivity index is 2.32. The summed E-state index contributed by atoms with van der Waals surface area (Å²) in [4.78, 5) is 30.5. The Morgan fingerprint density at radius 1 is 1.22 bits per heavy atom. The molecule has 0 bridgehead atoms. The van der Waals surface area contributed by atoms with Gasteiger partial charge in [0.25, 0.3) is 5.91 Å². The van der Waals surface area contributed by atoms with Crippen molar-refractivity contribution in [3.63, 3.8) is 0 Å². The fraction of sp³-hybridized carbons (Fsp3) is 0.182. The van der Waals surface area contributed by atoms with Crippen LogP contribution in [0.1, 0.15) is 16.7 Å². The Bertz CT molecular complexity index is 1150. The second-order valence-corrected chi connectivity index (χ2v) is 8.54. The van der Waals surface area contributed by atoms with Crippen LogP contribution in [0.15, 0.2) is 58.7 Å². The summed E-state index contributed by atoms with van der Waals surface area (Å²) in [6.45, 7) is -0.288. The molecular formula is C22H26ClN7O2+2. The number of nitrogens with zero attached hydrogens (tertiary/aromatic N) is 3. The van der Waals surface area contributed by atoms with Gasteiger partial charge in [0, 0.05) is 23.0 Å². The van der Waals surface area contributed by atoms with Crippen LogP contribution in [0.4, 0.5) is 5.69 Å². The third-order valence-corrected chi connectivity index (χ3v) is 5.40. The van der Waals surface area contributed by atoms with Crippen LogP contribution >= 0.6 is 11.6 Å². The van der Waals surface area contributed by atoms with Crippen LogP contribution in [0.5, 0.6) is 0 Å². The van der Waals surface area contributed by atoms with Crippen LogP contribution in [0.3, 0.4) is 0 Å². The van der Waals surface area contributed by atoms with Crippen LogP contribution in [-0.4, -0.2) is 53.6 Å². The van der Waals surface area contributed by atoms with E-state index in [2.05, 4.69) is 4.99 Å². The lowest BCUT2D eigenvalue weighted by Crippen LogP contribution is -2.66. The number of amides is 2. The second kappa shape index (κ2) is 8.64. The van der Waals surface area contributed by atoms with Crippen LogP contribution in [0.2, 0.25) is 0 Å². The molecule has 2 amide bonds. The van der Waals surface area contributed by atoms with Crippen molar-refractivity contribution in [2.75, 3.05) is 26.4 Å². The first-order valence-electron chi connectivity index (χ1n) is 9.75. The van der Waals surface area contributed by atoms with Gasteiger partial charge in [-0.1, -0.05) is 41.9 Å². The SMILES string of the molecule is C[N+](C)(N)C1=NC(Cl)=C(c2cccc(N)c2)[N+](CC(N)=O)(Cc2ccc(C=N)cc2)C1=O. The van der Waals surface area contributed by atoms with Crippen molar-refractivity contribution in [3.05, 3.63) is 70.4 Å². The average molecular weight is 456 g/mol. The number of hydrogen-bond acceptors (Lipinski definition) is 6. The predicted molar refractivity (Wildman–Crippen MR) is 125 cm³/mol. The molecule has 1 unspecified atom stereocenters. The fourth-order valence-corrected chi connectivity index (χ4v) is 4.10. The summed E-state index contributed by atoms with van der Waals surface area (Å²) in [5.74, 6) is 4.99. The number of rotatable bonds is 6. The molecule has 0 aromatic heterocycles. The van der Waals surface area contributed by atoms with Crippen molar-refractivity contribution in [2.45, 2.75) is 6.54 Å². The van der Waals surface area contributed by atoms with E-state index in [0.29, 0.717) is 22.5 Å². The van der Waals surface area contributed by atoms with Crippen LogP contribution < -0.4 is 17.3 Å². The second-order valence-electron chi connectivity index (χ2n) is 8.18. The zero-order valence-corrected chi connectivity index (χ0v) is 18.6. The maximum atomic E-state index is 13.9. The topological polar surface area (TPSA) is 148 Å². The summed E-state index contributed by atoms with van der Waals surface area (Å²) < 4.78 is -0.913. The van der Waals surface area contributed by atoms with Crippen molar-refractivity contribution in [2.24, 2.45) is 16.6 Å². The molecule has 7 N–H and O–H groups in total. The highest BCUT2D eigenvalue weighted by Crippen LogP contribution is 2.39. The van der Waals surface area contributed by atoms with Gasteiger partial charge in [0.1, 0.15) is 6.54 Å². The van der Waals surface area contributed by atoms with Gasteiger partial charge >= 0.3 is 11.7 Å². The lowest BCUT2D eigenvalue weighted by atomic mass is 10.0. The van der Waals surface area contributed by atoms with Gasteiger partial charge in [-0.2, -0.15) is 15.4 Å². The zero-order valence-electron chi connectivity index (χ0n) is 17.9. The number of nitrogens with one attached hydrogen (secondary N) is 1. The molecule has 1 aliphatic rings. The molecule has 9 nitrogen and oxygen atoms in total. The molecule has 166 valence electrons. The number of nitrogens with two attached hydrogens (primary N) is 3. The fourth-order valence-electron chi connectivity index (χ4n) is 3.75. The summed E-state index contributed by atoms with van der Waals surface area (Å²) in [5.41, 5.74) is 14.4. The summed E-state index contributed by atoms with van der Waals surface area (Å²) in [5, 5.41) is 7.43. The van der Waals surface area contributed by atoms with Crippen LogP contribution in [0.25, 0.3) is 5.70 Å². The monoisotopic (exact) mass is 455 g/mol. The molecule has 0 spiro atoms. The van der Waals surface area contributed by atoms with E-state index in [1.54, 1.807) is 62.6 Å². The average Bonchev–Trinajstić information content (AvgIpc) is 2.70. The molecule has 0 aliphatic carbocycles. The summed E-state index contributed by atoms with van der Waals surface area (Å²) in [6, 6.07) is 13.9. The number of benzene rings is 2. The van der Waals surface area contributed by atoms with Crippen molar-refractivity contribution in [1.29, 1.82) is 5.41 Å². The minimum absolute atomic E-state index is 0.0139. The van der Waals surface area contributed by atoms with E-state index in [4.69, 9.17) is 34.3 Å². The number of carbonyl (C=O) groups excluding carboxylic acids is 2. The Morgan fingerprint density at radius 2 is 1.88 bits per heavy atom. The molecule has 1 atom stereocenters. The molecule has 2 aromatic rings. The highest BCUT2D eigenvalue weighted by atomic mass is 35.5. The maximum absolute atomic E-state index is 13.9. The van der Waals surface area contributed by atoms with Crippen molar-refractivity contribution in [1.82, 2.24) is 0 Å². The minimum atomic E-state index is -0.691. The normalized spacial score (nSPS) is 19.0. The van der Waals surface area contributed by atoms with Gasteiger partial charge in [0.15, 0.2) is 17.4 Å². The Kier molecular flexibility index (Phi) is 6.29. The molecule has 1 heterocycles. The van der Waals surface area contributed by atoms with E-state index in [1.807, 2.05) is 0 Å². The number of quaternary nitrogens is 2. The summed E-state index contributed by atoms with van der Waals surface area (Å²) >= 11 is 6.65. The van der Waals surface area contributed by atoms with Gasteiger partial charge in [-0.25, -0.2) is 9.28 Å². The third kappa shape index (κ3) is 4.46.